The van der Waals surface area contributed by atoms with Gasteiger partial charge in [0.15, 0.2) is 0 Å². The molecule has 0 amide bonds. The summed E-state index contributed by atoms with van der Waals surface area (Å²) in [5.74, 6) is 0. The first kappa shape index (κ1) is 14.2. The van der Waals surface area contributed by atoms with Crippen LogP contribution in [-0.2, 0) is 5.41 Å². The van der Waals surface area contributed by atoms with Crippen molar-refractivity contribution in [2.75, 3.05) is 0 Å². The van der Waals surface area contributed by atoms with Crippen LogP contribution < -0.4 is 0 Å². The van der Waals surface area contributed by atoms with Gasteiger partial charge in [0.05, 0.1) is 16.4 Å². The Bertz CT molecular complexity index is 440. The number of nitro benzene ring substituents is 1. The van der Waals surface area contributed by atoms with Crippen LogP contribution in [0, 0.1) is 21.4 Å². The first-order chi connectivity index (χ1) is 8.59. The van der Waals surface area contributed by atoms with E-state index in [4.69, 9.17) is 0 Å². The van der Waals surface area contributed by atoms with Gasteiger partial charge in [-0.1, -0.05) is 38.8 Å². The SMILES string of the molecule is CCCC(C#N)(CCC)c1ccc([N+](=O)[O-])cc1. The molecule has 0 bridgehead atoms. The average molecular weight is 246 g/mol. The maximum absolute atomic E-state index is 10.6. The van der Waals surface area contributed by atoms with Crippen LogP contribution >= 0.6 is 0 Å². The van der Waals surface area contributed by atoms with E-state index in [0.717, 1.165) is 31.2 Å². The van der Waals surface area contributed by atoms with Crippen molar-refractivity contribution < 1.29 is 4.92 Å². The normalized spacial score (nSPS) is 10.9. The molecule has 96 valence electrons. The van der Waals surface area contributed by atoms with Gasteiger partial charge in [0.1, 0.15) is 0 Å². The second-order valence-electron chi connectivity index (χ2n) is 4.50. The van der Waals surface area contributed by atoms with Gasteiger partial charge in [-0.25, -0.2) is 0 Å². The lowest BCUT2D eigenvalue weighted by molar-refractivity contribution is -0.384. The molecule has 4 heteroatoms. The van der Waals surface area contributed by atoms with Crippen LogP contribution in [-0.4, -0.2) is 4.92 Å². The highest BCUT2D eigenvalue weighted by atomic mass is 16.6. The van der Waals surface area contributed by atoms with Gasteiger partial charge in [-0.2, -0.15) is 5.26 Å². The number of rotatable bonds is 6. The number of hydrogen-bond donors (Lipinski definition) is 0. The molecule has 0 aliphatic heterocycles. The fourth-order valence-corrected chi connectivity index (χ4v) is 2.35. The molecular weight excluding hydrogens is 228 g/mol. The van der Waals surface area contributed by atoms with Gasteiger partial charge in [0.25, 0.3) is 5.69 Å². The summed E-state index contributed by atoms with van der Waals surface area (Å²) in [7, 11) is 0. The van der Waals surface area contributed by atoms with Crippen LogP contribution in [0.15, 0.2) is 24.3 Å². The zero-order chi connectivity index (χ0) is 13.6. The van der Waals surface area contributed by atoms with Crippen LogP contribution in [0.2, 0.25) is 0 Å². The number of benzene rings is 1. The summed E-state index contributed by atoms with van der Waals surface area (Å²) in [5.41, 5.74) is 0.455. The molecule has 0 aliphatic rings. The summed E-state index contributed by atoms with van der Waals surface area (Å²) in [6, 6.07) is 8.80. The third kappa shape index (κ3) is 2.86. The molecule has 0 atom stereocenters. The molecule has 4 nitrogen and oxygen atoms in total. The fourth-order valence-electron chi connectivity index (χ4n) is 2.35. The standard InChI is InChI=1S/C14H18N2O2/c1-3-9-14(11-15,10-4-2)12-5-7-13(8-6-12)16(17)18/h5-8H,3-4,9-10H2,1-2H3. The molecule has 1 aromatic rings. The van der Waals surface area contributed by atoms with E-state index >= 15 is 0 Å². The highest BCUT2D eigenvalue weighted by molar-refractivity contribution is 5.39. The Morgan fingerprint density at radius 3 is 2.06 bits per heavy atom. The zero-order valence-electron chi connectivity index (χ0n) is 10.8. The lowest BCUT2D eigenvalue weighted by atomic mass is 9.75. The van der Waals surface area contributed by atoms with Crippen LogP contribution in [0.5, 0.6) is 0 Å². The number of nitro groups is 1. The quantitative estimate of drug-likeness (QED) is 0.563. The minimum absolute atomic E-state index is 0.0681. The van der Waals surface area contributed by atoms with Crippen molar-refractivity contribution >= 4 is 5.69 Å². The lowest BCUT2D eigenvalue weighted by Gasteiger charge is -2.26. The minimum Gasteiger partial charge on any atom is -0.258 e. The van der Waals surface area contributed by atoms with E-state index in [0.29, 0.717) is 0 Å². The number of non-ortho nitro benzene ring substituents is 1. The van der Waals surface area contributed by atoms with E-state index < -0.39 is 10.3 Å². The predicted octanol–water partition coefficient (Wildman–Crippen LogP) is 3.96. The Hall–Kier alpha value is -1.89. The maximum Gasteiger partial charge on any atom is 0.269 e. The van der Waals surface area contributed by atoms with Gasteiger partial charge in [0.2, 0.25) is 0 Å². The Balaban J connectivity index is 3.13. The summed E-state index contributed by atoms with van der Waals surface area (Å²) in [6.07, 6.45) is 3.42. The highest BCUT2D eigenvalue weighted by Gasteiger charge is 2.30. The molecule has 0 spiro atoms. The molecule has 0 saturated heterocycles. The smallest absolute Gasteiger partial charge is 0.258 e. The first-order valence-electron chi connectivity index (χ1n) is 6.26. The van der Waals surface area contributed by atoms with Crippen molar-refractivity contribution in [2.24, 2.45) is 0 Å². The van der Waals surface area contributed by atoms with Crippen molar-refractivity contribution in [1.82, 2.24) is 0 Å². The Morgan fingerprint density at radius 2 is 1.72 bits per heavy atom. The fraction of sp³-hybridized carbons (Fsp3) is 0.500. The first-order valence-corrected chi connectivity index (χ1v) is 6.26. The van der Waals surface area contributed by atoms with Gasteiger partial charge in [0, 0.05) is 12.1 Å². The van der Waals surface area contributed by atoms with Crippen LogP contribution in [0.3, 0.4) is 0 Å². The maximum atomic E-state index is 10.6. The van der Waals surface area contributed by atoms with Gasteiger partial charge in [-0.15, -0.1) is 0 Å². The molecule has 1 rings (SSSR count). The minimum atomic E-state index is -0.501. The van der Waals surface area contributed by atoms with E-state index in [1.165, 1.54) is 12.1 Å². The topological polar surface area (TPSA) is 66.9 Å². The molecule has 0 aliphatic carbocycles. The number of nitrogens with zero attached hydrogens (tertiary/aromatic N) is 2. The Labute approximate surface area is 107 Å². The van der Waals surface area contributed by atoms with E-state index in [9.17, 15) is 15.4 Å². The Kier molecular flexibility index (Phi) is 4.85. The van der Waals surface area contributed by atoms with E-state index in [2.05, 4.69) is 6.07 Å². The molecule has 18 heavy (non-hydrogen) atoms. The van der Waals surface area contributed by atoms with Gasteiger partial charge in [-0.3, -0.25) is 10.1 Å². The highest BCUT2D eigenvalue weighted by Crippen LogP contribution is 2.34. The number of hydrogen-bond acceptors (Lipinski definition) is 3. The molecule has 0 unspecified atom stereocenters. The molecule has 0 aromatic heterocycles. The second-order valence-corrected chi connectivity index (χ2v) is 4.50. The van der Waals surface area contributed by atoms with E-state index in [1.54, 1.807) is 12.1 Å². The van der Waals surface area contributed by atoms with Crippen LogP contribution in [0.4, 0.5) is 5.69 Å². The predicted molar refractivity (Wildman–Crippen MR) is 70.2 cm³/mol. The van der Waals surface area contributed by atoms with Gasteiger partial charge in [-0.05, 0) is 18.4 Å². The van der Waals surface area contributed by atoms with Crippen molar-refractivity contribution in [3.8, 4) is 6.07 Å². The van der Waals surface area contributed by atoms with Crippen molar-refractivity contribution in [1.29, 1.82) is 5.26 Å². The molecule has 0 fully saturated rings. The summed E-state index contributed by atoms with van der Waals surface area (Å²) >= 11 is 0. The lowest BCUT2D eigenvalue weighted by Crippen LogP contribution is -2.23. The molecule has 1 aromatic carbocycles. The average Bonchev–Trinajstić information content (AvgIpc) is 2.38. The summed E-state index contributed by atoms with van der Waals surface area (Å²) in [5, 5.41) is 20.1. The summed E-state index contributed by atoms with van der Waals surface area (Å²) < 4.78 is 0. The van der Waals surface area contributed by atoms with Crippen LogP contribution in [0.1, 0.15) is 45.1 Å². The summed E-state index contributed by atoms with van der Waals surface area (Å²) in [4.78, 5) is 10.2. The molecule has 0 saturated carbocycles. The molecule has 0 N–H and O–H groups in total. The molecule has 0 heterocycles. The second kappa shape index (κ2) is 6.15. The third-order valence-corrected chi connectivity index (χ3v) is 3.20. The monoisotopic (exact) mass is 246 g/mol. The Morgan fingerprint density at radius 1 is 1.22 bits per heavy atom. The third-order valence-electron chi connectivity index (χ3n) is 3.20. The van der Waals surface area contributed by atoms with Gasteiger partial charge < -0.3 is 0 Å². The van der Waals surface area contributed by atoms with E-state index in [-0.39, 0.29) is 5.69 Å². The van der Waals surface area contributed by atoms with E-state index in [1.807, 2.05) is 13.8 Å². The summed E-state index contributed by atoms with van der Waals surface area (Å²) in [6.45, 7) is 4.10. The van der Waals surface area contributed by atoms with Crippen molar-refractivity contribution in [3.63, 3.8) is 0 Å². The van der Waals surface area contributed by atoms with Gasteiger partial charge >= 0.3 is 0 Å². The molecular formula is C14H18N2O2. The van der Waals surface area contributed by atoms with Crippen molar-refractivity contribution in [2.45, 2.75) is 44.9 Å². The van der Waals surface area contributed by atoms with Crippen LogP contribution in [0.25, 0.3) is 0 Å². The zero-order valence-corrected chi connectivity index (χ0v) is 10.8. The largest absolute Gasteiger partial charge is 0.269 e. The number of nitriles is 1. The van der Waals surface area contributed by atoms with Crippen molar-refractivity contribution in [3.05, 3.63) is 39.9 Å². The molecule has 0 radical (unpaired) electrons.